The monoisotopic (exact) mass is 270 g/mol. The predicted octanol–water partition coefficient (Wildman–Crippen LogP) is 4.60. The second-order valence-corrected chi connectivity index (χ2v) is 6.99. The van der Waals surface area contributed by atoms with E-state index in [1.54, 1.807) is 0 Å². The van der Waals surface area contributed by atoms with E-state index in [0.29, 0.717) is 0 Å². The maximum atomic E-state index is 13.4. The van der Waals surface area contributed by atoms with Crippen LogP contribution in [0, 0.1) is 0 Å². The highest BCUT2D eigenvalue weighted by Gasteiger charge is 2.47. The van der Waals surface area contributed by atoms with Gasteiger partial charge in [-0.15, -0.1) is 8.78 Å². The van der Waals surface area contributed by atoms with Gasteiger partial charge in [0.2, 0.25) is 0 Å². The molecule has 0 unspecified atom stereocenters. The van der Waals surface area contributed by atoms with E-state index in [2.05, 4.69) is 0 Å². The normalized spacial score (nSPS) is 17.7. The standard InChI is InChI=1S/C15H20F2O2/c1-13(2,3)9-7-8-10(14(4,5)6)12-11(9)18-15(16,17)19-12/h7-8H,1-6H3. The Hall–Kier alpha value is -1.32. The Labute approximate surface area is 112 Å². The molecule has 2 nitrogen and oxygen atoms in total. The van der Waals surface area contributed by atoms with Crippen LogP contribution in [-0.2, 0) is 10.8 Å². The van der Waals surface area contributed by atoms with Gasteiger partial charge in [-0.3, -0.25) is 0 Å². The van der Waals surface area contributed by atoms with Crippen molar-refractivity contribution in [2.24, 2.45) is 0 Å². The van der Waals surface area contributed by atoms with Crippen molar-refractivity contribution in [3.8, 4) is 11.5 Å². The minimum Gasteiger partial charge on any atom is -0.395 e. The van der Waals surface area contributed by atoms with Gasteiger partial charge in [0.05, 0.1) is 0 Å². The molecule has 1 aliphatic heterocycles. The molecule has 0 fully saturated rings. The van der Waals surface area contributed by atoms with Crippen molar-refractivity contribution in [2.45, 2.75) is 58.7 Å². The highest BCUT2D eigenvalue weighted by molar-refractivity contribution is 5.57. The molecule has 0 radical (unpaired) electrons. The fraction of sp³-hybridized carbons (Fsp3) is 0.600. The van der Waals surface area contributed by atoms with E-state index in [9.17, 15) is 8.78 Å². The minimum absolute atomic E-state index is 0.171. The van der Waals surface area contributed by atoms with Crippen LogP contribution in [0.3, 0.4) is 0 Å². The van der Waals surface area contributed by atoms with Crippen LogP contribution in [0.4, 0.5) is 8.78 Å². The summed E-state index contributed by atoms with van der Waals surface area (Å²) in [6, 6.07) is 3.70. The molecule has 1 heterocycles. The maximum Gasteiger partial charge on any atom is 0.586 e. The number of rotatable bonds is 0. The van der Waals surface area contributed by atoms with Gasteiger partial charge in [0.15, 0.2) is 11.5 Å². The Morgan fingerprint density at radius 2 is 1.11 bits per heavy atom. The van der Waals surface area contributed by atoms with Gasteiger partial charge in [-0.25, -0.2) is 0 Å². The Kier molecular flexibility index (Phi) is 2.85. The van der Waals surface area contributed by atoms with Crippen LogP contribution in [0.15, 0.2) is 12.1 Å². The molecule has 2 rings (SSSR count). The van der Waals surface area contributed by atoms with Crippen molar-refractivity contribution in [1.29, 1.82) is 0 Å². The smallest absolute Gasteiger partial charge is 0.395 e. The number of hydrogen-bond donors (Lipinski definition) is 0. The molecule has 0 amide bonds. The number of halogens is 2. The molecule has 0 saturated carbocycles. The summed E-state index contributed by atoms with van der Waals surface area (Å²) in [6.07, 6.45) is -3.58. The third-order valence-corrected chi connectivity index (χ3v) is 3.17. The van der Waals surface area contributed by atoms with Crippen LogP contribution in [0.1, 0.15) is 52.7 Å². The molecule has 0 saturated heterocycles. The van der Waals surface area contributed by atoms with Crippen LogP contribution in [0.5, 0.6) is 11.5 Å². The molecule has 19 heavy (non-hydrogen) atoms. The summed E-state index contributed by atoms with van der Waals surface area (Å²) in [5, 5.41) is 0. The van der Waals surface area contributed by atoms with Gasteiger partial charge in [-0.05, 0) is 10.8 Å². The SMILES string of the molecule is CC(C)(C)c1ccc(C(C)(C)C)c2c1OC(F)(F)O2. The number of hydrogen-bond acceptors (Lipinski definition) is 2. The lowest BCUT2D eigenvalue weighted by atomic mass is 9.81. The first-order valence-electron chi connectivity index (χ1n) is 6.36. The topological polar surface area (TPSA) is 18.5 Å². The average molecular weight is 270 g/mol. The van der Waals surface area contributed by atoms with Gasteiger partial charge in [-0.2, -0.15) is 0 Å². The third-order valence-electron chi connectivity index (χ3n) is 3.17. The Balaban J connectivity index is 2.67. The summed E-state index contributed by atoms with van der Waals surface area (Å²) in [5.41, 5.74) is 0.884. The molecule has 106 valence electrons. The molecular weight excluding hydrogens is 250 g/mol. The molecule has 0 spiro atoms. The number of benzene rings is 1. The lowest BCUT2D eigenvalue weighted by Gasteiger charge is -2.25. The molecule has 1 aromatic rings. The second kappa shape index (κ2) is 3.84. The molecular formula is C15H20F2O2. The van der Waals surface area contributed by atoms with E-state index in [1.165, 1.54) is 0 Å². The maximum absolute atomic E-state index is 13.4. The molecule has 1 aliphatic rings. The van der Waals surface area contributed by atoms with Crippen LogP contribution >= 0.6 is 0 Å². The third kappa shape index (κ3) is 2.53. The summed E-state index contributed by atoms with van der Waals surface area (Å²) in [4.78, 5) is 0. The van der Waals surface area contributed by atoms with E-state index in [-0.39, 0.29) is 22.3 Å². The van der Waals surface area contributed by atoms with E-state index >= 15 is 0 Å². The Morgan fingerprint density at radius 1 is 0.789 bits per heavy atom. The van der Waals surface area contributed by atoms with Crippen LogP contribution in [0.2, 0.25) is 0 Å². The van der Waals surface area contributed by atoms with E-state index < -0.39 is 6.29 Å². The highest BCUT2D eigenvalue weighted by atomic mass is 19.3. The fourth-order valence-electron chi connectivity index (χ4n) is 2.20. The molecule has 0 atom stereocenters. The van der Waals surface area contributed by atoms with E-state index in [0.717, 1.165) is 11.1 Å². The molecule has 1 aromatic carbocycles. The summed E-state index contributed by atoms with van der Waals surface area (Å²) < 4.78 is 36.3. The zero-order valence-electron chi connectivity index (χ0n) is 12.2. The van der Waals surface area contributed by atoms with Crippen molar-refractivity contribution in [3.05, 3.63) is 23.3 Å². The quantitative estimate of drug-likeness (QED) is 0.685. The molecule has 0 bridgehead atoms. The van der Waals surface area contributed by atoms with Gasteiger partial charge >= 0.3 is 6.29 Å². The van der Waals surface area contributed by atoms with Gasteiger partial charge in [0.1, 0.15) is 0 Å². The predicted molar refractivity (Wildman–Crippen MR) is 70.0 cm³/mol. The van der Waals surface area contributed by atoms with Crippen molar-refractivity contribution < 1.29 is 18.3 Å². The van der Waals surface area contributed by atoms with Gasteiger partial charge < -0.3 is 9.47 Å². The van der Waals surface area contributed by atoms with Crippen LogP contribution in [0.25, 0.3) is 0 Å². The fourth-order valence-corrected chi connectivity index (χ4v) is 2.20. The first kappa shape index (κ1) is 14.1. The van der Waals surface area contributed by atoms with Gasteiger partial charge in [0.25, 0.3) is 0 Å². The number of alkyl halides is 2. The zero-order valence-corrected chi connectivity index (χ0v) is 12.2. The second-order valence-electron chi connectivity index (χ2n) is 6.99. The lowest BCUT2D eigenvalue weighted by Crippen LogP contribution is -2.27. The van der Waals surface area contributed by atoms with Crippen molar-refractivity contribution in [3.63, 3.8) is 0 Å². The molecule has 4 heteroatoms. The van der Waals surface area contributed by atoms with Crippen molar-refractivity contribution >= 4 is 0 Å². The Bertz CT molecular complexity index is 463. The molecule has 0 aliphatic carbocycles. The van der Waals surface area contributed by atoms with E-state index in [4.69, 9.17) is 9.47 Å². The molecule has 0 N–H and O–H groups in total. The van der Waals surface area contributed by atoms with E-state index in [1.807, 2.05) is 53.7 Å². The highest BCUT2D eigenvalue weighted by Crippen LogP contribution is 2.51. The lowest BCUT2D eigenvalue weighted by molar-refractivity contribution is -0.287. The summed E-state index contributed by atoms with van der Waals surface area (Å²) in [7, 11) is 0. The van der Waals surface area contributed by atoms with Crippen molar-refractivity contribution in [2.75, 3.05) is 0 Å². The van der Waals surface area contributed by atoms with Crippen LogP contribution in [-0.4, -0.2) is 6.29 Å². The van der Waals surface area contributed by atoms with Gasteiger partial charge in [0, 0.05) is 11.1 Å². The summed E-state index contributed by atoms with van der Waals surface area (Å²) in [6.45, 7) is 11.7. The van der Waals surface area contributed by atoms with Crippen molar-refractivity contribution in [1.82, 2.24) is 0 Å². The number of fused-ring (bicyclic) bond motifs is 1. The average Bonchev–Trinajstić information content (AvgIpc) is 2.46. The first-order chi connectivity index (χ1) is 8.42. The number of ether oxygens (including phenoxy) is 2. The first-order valence-corrected chi connectivity index (χ1v) is 6.36. The minimum atomic E-state index is -3.58. The van der Waals surface area contributed by atoms with Gasteiger partial charge in [-0.1, -0.05) is 53.7 Å². The zero-order chi connectivity index (χ0) is 14.6. The summed E-state index contributed by atoms with van der Waals surface area (Å²) in [5.74, 6) is 0.342. The summed E-state index contributed by atoms with van der Waals surface area (Å²) >= 11 is 0. The Morgan fingerprint density at radius 3 is 1.37 bits per heavy atom. The largest absolute Gasteiger partial charge is 0.586 e. The van der Waals surface area contributed by atoms with Crippen LogP contribution < -0.4 is 9.47 Å². The molecule has 0 aromatic heterocycles.